The topological polar surface area (TPSA) is 80.5 Å². The third-order valence-electron chi connectivity index (χ3n) is 4.97. The first-order valence-electron chi connectivity index (χ1n) is 8.80. The molecule has 2 aromatic rings. The summed E-state index contributed by atoms with van der Waals surface area (Å²) < 4.78 is 29.0. The van der Waals surface area contributed by atoms with E-state index in [9.17, 15) is 13.2 Å². The van der Waals surface area contributed by atoms with Crippen molar-refractivity contribution in [1.82, 2.24) is 9.88 Å². The summed E-state index contributed by atoms with van der Waals surface area (Å²) in [6.45, 7) is 3.89. The Bertz CT molecular complexity index is 900. The largest absolute Gasteiger partial charge is 0.441 e. The molecule has 0 spiro atoms. The van der Waals surface area contributed by atoms with E-state index >= 15 is 0 Å². The Labute approximate surface area is 154 Å². The van der Waals surface area contributed by atoms with Crippen molar-refractivity contribution >= 4 is 15.7 Å². The molecule has 7 heteroatoms. The first kappa shape index (κ1) is 18.6. The van der Waals surface area contributed by atoms with Crippen LogP contribution in [0.4, 0.5) is 0 Å². The fourth-order valence-electron chi connectivity index (χ4n) is 3.15. The van der Waals surface area contributed by atoms with Crippen LogP contribution in [0.15, 0.2) is 28.7 Å². The van der Waals surface area contributed by atoms with Crippen LogP contribution < -0.4 is 0 Å². The van der Waals surface area contributed by atoms with Crippen LogP contribution >= 0.6 is 0 Å². The summed E-state index contributed by atoms with van der Waals surface area (Å²) in [5.41, 5.74) is 2.71. The van der Waals surface area contributed by atoms with E-state index in [4.69, 9.17) is 4.42 Å². The van der Waals surface area contributed by atoms with Gasteiger partial charge in [0.15, 0.2) is 9.84 Å². The van der Waals surface area contributed by atoms with E-state index in [2.05, 4.69) is 11.9 Å². The quantitative estimate of drug-likeness (QED) is 0.800. The van der Waals surface area contributed by atoms with Crippen molar-refractivity contribution in [2.45, 2.75) is 39.2 Å². The van der Waals surface area contributed by atoms with Crippen molar-refractivity contribution in [3.8, 4) is 11.5 Å². The molecule has 1 aliphatic heterocycles. The zero-order valence-electron chi connectivity index (χ0n) is 15.4. The Morgan fingerprint density at radius 3 is 2.58 bits per heavy atom. The standard InChI is InChI=1S/C19H24N2O4S/c1-4-14-5-7-15(8-6-14)19-20-17(13(2)25-19)11-18(22)21(3)16-9-10-26(23,24)12-16/h5-8,16H,4,9-12H2,1-3H3. The third kappa shape index (κ3) is 3.98. The number of aryl methyl sites for hydroxylation is 2. The van der Waals surface area contributed by atoms with E-state index in [-0.39, 0.29) is 29.9 Å². The van der Waals surface area contributed by atoms with Gasteiger partial charge in [-0.1, -0.05) is 19.1 Å². The van der Waals surface area contributed by atoms with Crippen LogP contribution in [-0.2, 0) is 27.5 Å². The zero-order valence-corrected chi connectivity index (χ0v) is 16.2. The van der Waals surface area contributed by atoms with Crippen molar-refractivity contribution in [3.63, 3.8) is 0 Å². The Morgan fingerprint density at radius 1 is 1.31 bits per heavy atom. The highest BCUT2D eigenvalue weighted by atomic mass is 32.2. The van der Waals surface area contributed by atoms with Gasteiger partial charge in [-0.3, -0.25) is 4.79 Å². The van der Waals surface area contributed by atoms with Crippen LogP contribution in [-0.4, -0.2) is 48.8 Å². The van der Waals surface area contributed by atoms with Gasteiger partial charge in [-0.2, -0.15) is 0 Å². The van der Waals surface area contributed by atoms with Crippen molar-refractivity contribution in [2.75, 3.05) is 18.6 Å². The monoisotopic (exact) mass is 376 g/mol. The molecule has 140 valence electrons. The number of benzene rings is 1. The Hall–Kier alpha value is -2.15. The lowest BCUT2D eigenvalue weighted by Gasteiger charge is -2.23. The van der Waals surface area contributed by atoms with E-state index < -0.39 is 9.84 Å². The predicted molar refractivity (Wildman–Crippen MR) is 99.6 cm³/mol. The molecule has 1 atom stereocenters. The average Bonchev–Trinajstić information content (AvgIpc) is 3.16. The van der Waals surface area contributed by atoms with Crippen LogP contribution in [0.25, 0.3) is 11.5 Å². The second-order valence-electron chi connectivity index (χ2n) is 6.81. The molecule has 1 aromatic carbocycles. The molecule has 0 radical (unpaired) electrons. The van der Waals surface area contributed by atoms with Crippen LogP contribution in [0.2, 0.25) is 0 Å². The second-order valence-corrected chi connectivity index (χ2v) is 9.04. The number of likely N-dealkylation sites (N-methyl/N-ethyl adjacent to an activating group) is 1. The third-order valence-corrected chi connectivity index (χ3v) is 6.72. The molecular formula is C19H24N2O4S. The molecule has 2 heterocycles. The number of amides is 1. The van der Waals surface area contributed by atoms with E-state index in [0.29, 0.717) is 23.8 Å². The molecule has 0 aliphatic carbocycles. The van der Waals surface area contributed by atoms with Crippen molar-refractivity contribution in [2.24, 2.45) is 0 Å². The summed E-state index contributed by atoms with van der Waals surface area (Å²) in [4.78, 5) is 18.6. The number of sulfone groups is 1. The van der Waals surface area contributed by atoms with Gasteiger partial charge < -0.3 is 9.32 Å². The fourth-order valence-corrected chi connectivity index (χ4v) is 4.93. The number of hydrogen-bond acceptors (Lipinski definition) is 5. The molecule has 26 heavy (non-hydrogen) atoms. The van der Waals surface area contributed by atoms with Crippen LogP contribution in [0, 0.1) is 6.92 Å². The van der Waals surface area contributed by atoms with Gasteiger partial charge in [-0.15, -0.1) is 0 Å². The zero-order chi connectivity index (χ0) is 18.9. The number of hydrogen-bond donors (Lipinski definition) is 0. The maximum absolute atomic E-state index is 12.5. The number of rotatable bonds is 5. The molecule has 1 aliphatic rings. The lowest BCUT2D eigenvalue weighted by atomic mass is 10.1. The summed E-state index contributed by atoms with van der Waals surface area (Å²) >= 11 is 0. The van der Waals surface area contributed by atoms with Crippen molar-refractivity contribution in [1.29, 1.82) is 0 Å². The van der Waals surface area contributed by atoms with Gasteiger partial charge in [-0.05, 0) is 37.5 Å². The molecule has 1 amide bonds. The van der Waals surface area contributed by atoms with E-state index in [1.54, 1.807) is 14.0 Å². The first-order chi connectivity index (χ1) is 12.3. The molecule has 6 nitrogen and oxygen atoms in total. The highest BCUT2D eigenvalue weighted by Crippen LogP contribution is 2.24. The molecule has 0 N–H and O–H groups in total. The molecule has 1 unspecified atom stereocenters. The van der Waals surface area contributed by atoms with Crippen LogP contribution in [0.1, 0.15) is 30.4 Å². The minimum absolute atomic E-state index is 0.0437. The smallest absolute Gasteiger partial charge is 0.228 e. The summed E-state index contributed by atoms with van der Waals surface area (Å²) in [6.07, 6.45) is 1.57. The van der Waals surface area contributed by atoms with Gasteiger partial charge in [-0.25, -0.2) is 13.4 Å². The maximum Gasteiger partial charge on any atom is 0.228 e. The number of carbonyl (C=O) groups is 1. The summed E-state index contributed by atoms with van der Waals surface area (Å²) in [5.74, 6) is 1.16. The summed E-state index contributed by atoms with van der Waals surface area (Å²) in [5, 5.41) is 0. The average molecular weight is 376 g/mol. The van der Waals surface area contributed by atoms with Crippen molar-refractivity contribution in [3.05, 3.63) is 41.3 Å². The molecule has 1 fully saturated rings. The predicted octanol–water partition coefficient (Wildman–Crippen LogP) is 2.40. The Morgan fingerprint density at radius 2 is 2.00 bits per heavy atom. The highest BCUT2D eigenvalue weighted by molar-refractivity contribution is 7.91. The maximum atomic E-state index is 12.5. The molecule has 1 saturated heterocycles. The number of oxazole rings is 1. The van der Waals surface area contributed by atoms with E-state index in [0.717, 1.165) is 12.0 Å². The van der Waals surface area contributed by atoms with Crippen LogP contribution in [0.5, 0.6) is 0 Å². The molecular weight excluding hydrogens is 352 g/mol. The second kappa shape index (κ2) is 7.23. The molecule has 3 rings (SSSR count). The SMILES string of the molecule is CCc1ccc(-c2nc(CC(=O)N(C)C3CCS(=O)(=O)C3)c(C)o2)cc1. The fraction of sp³-hybridized carbons (Fsp3) is 0.474. The Balaban J connectivity index is 1.71. The number of nitrogens with zero attached hydrogens (tertiary/aromatic N) is 2. The minimum atomic E-state index is -3.02. The van der Waals surface area contributed by atoms with E-state index in [1.165, 1.54) is 10.5 Å². The summed E-state index contributed by atoms with van der Waals surface area (Å²) in [7, 11) is -1.36. The Kier molecular flexibility index (Phi) is 5.18. The van der Waals surface area contributed by atoms with Gasteiger partial charge in [0.2, 0.25) is 11.8 Å². The molecule has 1 aromatic heterocycles. The van der Waals surface area contributed by atoms with Crippen LogP contribution in [0.3, 0.4) is 0 Å². The number of aromatic nitrogens is 1. The summed E-state index contributed by atoms with van der Waals surface area (Å²) in [6, 6.07) is 7.75. The number of carbonyl (C=O) groups excluding carboxylic acids is 1. The highest BCUT2D eigenvalue weighted by Gasteiger charge is 2.33. The normalized spacial score (nSPS) is 18.8. The molecule has 0 saturated carbocycles. The van der Waals surface area contributed by atoms with Gasteiger partial charge in [0.05, 0.1) is 23.6 Å². The van der Waals surface area contributed by atoms with E-state index in [1.807, 2.05) is 24.3 Å². The van der Waals surface area contributed by atoms with Gasteiger partial charge in [0.1, 0.15) is 5.76 Å². The van der Waals surface area contributed by atoms with Gasteiger partial charge >= 0.3 is 0 Å². The molecule has 0 bridgehead atoms. The van der Waals surface area contributed by atoms with Gasteiger partial charge in [0, 0.05) is 18.7 Å². The van der Waals surface area contributed by atoms with Crippen molar-refractivity contribution < 1.29 is 17.6 Å². The lowest BCUT2D eigenvalue weighted by molar-refractivity contribution is -0.130. The minimum Gasteiger partial charge on any atom is -0.441 e. The van der Waals surface area contributed by atoms with Gasteiger partial charge in [0.25, 0.3) is 0 Å². The lowest BCUT2D eigenvalue weighted by Crippen LogP contribution is -2.38. The first-order valence-corrected chi connectivity index (χ1v) is 10.6.